The minimum absolute atomic E-state index is 0.0554. The fourth-order valence-corrected chi connectivity index (χ4v) is 4.23. The minimum Gasteiger partial charge on any atom is -0.271 e. The molecule has 0 fully saturated rings. The van der Waals surface area contributed by atoms with Gasteiger partial charge in [0.2, 0.25) is 0 Å². The molecule has 10 heteroatoms. The number of sulfonamides is 1. The second-order valence-electron chi connectivity index (χ2n) is 6.81. The molecule has 0 aliphatic carbocycles. The smallest absolute Gasteiger partial charge is 0.270 e. The van der Waals surface area contributed by atoms with E-state index in [0.717, 1.165) is 9.87 Å². The Morgan fingerprint density at radius 1 is 1.06 bits per heavy atom. The molecule has 0 heterocycles. The quantitative estimate of drug-likeness (QED) is 0.319. The van der Waals surface area contributed by atoms with E-state index in [1.54, 1.807) is 48.5 Å². The second kappa shape index (κ2) is 9.84. The van der Waals surface area contributed by atoms with E-state index in [2.05, 4.69) is 10.5 Å². The summed E-state index contributed by atoms with van der Waals surface area (Å²) in [5.74, 6) is -0.675. The van der Waals surface area contributed by atoms with Crippen molar-refractivity contribution in [2.45, 2.75) is 11.8 Å². The van der Waals surface area contributed by atoms with E-state index in [-0.39, 0.29) is 10.6 Å². The van der Waals surface area contributed by atoms with Gasteiger partial charge in [0, 0.05) is 17.7 Å². The molecule has 1 N–H and O–H groups in total. The second-order valence-corrected chi connectivity index (χ2v) is 8.67. The molecule has 3 rings (SSSR count). The summed E-state index contributed by atoms with van der Waals surface area (Å²) < 4.78 is 27.4. The van der Waals surface area contributed by atoms with E-state index in [0.29, 0.717) is 11.3 Å². The normalized spacial score (nSPS) is 11.3. The molecular weight excluding hydrogens is 432 g/mol. The standard InChI is InChI=1S/C22H20N4O5S/c1-17-10-12-21(13-11-17)32(30,31)25(19-7-3-2-4-8-19)16-22(27)24-23-15-18-6-5-9-20(14-18)26(28)29/h2-15H,16H2,1H3,(H,24,27)/b23-15-. The van der Waals surface area contributed by atoms with Crippen molar-refractivity contribution in [1.29, 1.82) is 0 Å². The minimum atomic E-state index is -4.01. The molecule has 1 amide bonds. The van der Waals surface area contributed by atoms with Gasteiger partial charge in [0.05, 0.1) is 21.7 Å². The number of anilines is 1. The Morgan fingerprint density at radius 3 is 2.41 bits per heavy atom. The van der Waals surface area contributed by atoms with Gasteiger partial charge in [-0.15, -0.1) is 0 Å². The van der Waals surface area contributed by atoms with Gasteiger partial charge in [-0.3, -0.25) is 19.2 Å². The number of carbonyl (C=O) groups excluding carboxylic acids is 1. The summed E-state index contributed by atoms with van der Waals surface area (Å²) in [6.07, 6.45) is 1.24. The highest BCUT2D eigenvalue weighted by Crippen LogP contribution is 2.23. The SMILES string of the molecule is Cc1ccc(S(=O)(=O)N(CC(=O)N/N=C\c2cccc([N+](=O)[O-])c2)c2ccccc2)cc1. The van der Waals surface area contributed by atoms with E-state index in [1.165, 1.54) is 36.5 Å². The number of para-hydroxylation sites is 1. The van der Waals surface area contributed by atoms with Gasteiger partial charge in [-0.1, -0.05) is 48.0 Å². The van der Waals surface area contributed by atoms with Gasteiger partial charge in [0.25, 0.3) is 21.6 Å². The van der Waals surface area contributed by atoms with Crippen LogP contribution in [-0.2, 0) is 14.8 Å². The van der Waals surface area contributed by atoms with Crippen molar-refractivity contribution in [2.24, 2.45) is 5.10 Å². The molecule has 0 aliphatic heterocycles. The van der Waals surface area contributed by atoms with Crippen molar-refractivity contribution in [3.63, 3.8) is 0 Å². The third-order valence-corrected chi connectivity index (χ3v) is 6.21. The third-order valence-electron chi connectivity index (χ3n) is 4.42. The van der Waals surface area contributed by atoms with Crippen molar-refractivity contribution >= 4 is 33.5 Å². The van der Waals surface area contributed by atoms with E-state index >= 15 is 0 Å². The molecule has 0 saturated heterocycles. The third kappa shape index (κ3) is 5.55. The molecule has 0 unspecified atom stereocenters. The summed E-state index contributed by atoms with van der Waals surface area (Å²) in [5, 5.41) is 14.6. The molecular formula is C22H20N4O5S. The van der Waals surface area contributed by atoms with E-state index < -0.39 is 27.4 Å². The molecule has 0 spiro atoms. The zero-order chi connectivity index (χ0) is 23.1. The zero-order valence-corrected chi connectivity index (χ0v) is 17.9. The van der Waals surface area contributed by atoms with Crippen LogP contribution in [0.1, 0.15) is 11.1 Å². The molecule has 9 nitrogen and oxygen atoms in total. The lowest BCUT2D eigenvalue weighted by molar-refractivity contribution is -0.384. The van der Waals surface area contributed by atoms with Gasteiger partial charge in [0.1, 0.15) is 6.54 Å². The van der Waals surface area contributed by atoms with Crippen molar-refractivity contribution < 1.29 is 18.1 Å². The van der Waals surface area contributed by atoms with Crippen LogP contribution in [0.2, 0.25) is 0 Å². The van der Waals surface area contributed by atoms with Gasteiger partial charge < -0.3 is 0 Å². The highest BCUT2D eigenvalue weighted by Gasteiger charge is 2.27. The predicted molar refractivity (Wildman–Crippen MR) is 121 cm³/mol. The van der Waals surface area contributed by atoms with Crippen LogP contribution in [0, 0.1) is 17.0 Å². The van der Waals surface area contributed by atoms with Crippen LogP contribution >= 0.6 is 0 Å². The Labute approximate surface area is 185 Å². The number of hydrogen-bond donors (Lipinski definition) is 1. The maximum absolute atomic E-state index is 13.2. The van der Waals surface area contributed by atoms with Gasteiger partial charge in [-0.05, 0) is 31.2 Å². The van der Waals surface area contributed by atoms with Crippen LogP contribution in [0.5, 0.6) is 0 Å². The van der Waals surface area contributed by atoms with Crippen LogP contribution in [-0.4, -0.2) is 32.0 Å². The Hall–Kier alpha value is -4.05. The van der Waals surface area contributed by atoms with Crippen molar-refractivity contribution in [3.8, 4) is 0 Å². The fourth-order valence-electron chi connectivity index (χ4n) is 2.81. The highest BCUT2D eigenvalue weighted by atomic mass is 32.2. The molecule has 164 valence electrons. The fraction of sp³-hybridized carbons (Fsp3) is 0.0909. The number of nitro groups is 1. The largest absolute Gasteiger partial charge is 0.271 e. The van der Waals surface area contributed by atoms with Gasteiger partial charge in [-0.2, -0.15) is 5.10 Å². The zero-order valence-electron chi connectivity index (χ0n) is 17.1. The molecule has 32 heavy (non-hydrogen) atoms. The number of benzene rings is 3. The van der Waals surface area contributed by atoms with Crippen molar-refractivity contribution in [3.05, 3.63) is 100 Å². The number of amides is 1. The maximum Gasteiger partial charge on any atom is 0.270 e. The Bertz CT molecular complexity index is 1240. The van der Waals surface area contributed by atoms with Crippen LogP contribution in [0.3, 0.4) is 0 Å². The summed E-state index contributed by atoms with van der Waals surface area (Å²) in [6, 6.07) is 20.3. The first-order valence-electron chi connectivity index (χ1n) is 9.48. The molecule has 0 saturated carbocycles. The van der Waals surface area contributed by atoms with Crippen LogP contribution < -0.4 is 9.73 Å². The molecule has 3 aromatic rings. The first-order chi connectivity index (χ1) is 15.3. The van der Waals surface area contributed by atoms with E-state index in [1.807, 2.05) is 6.92 Å². The molecule has 3 aromatic carbocycles. The van der Waals surface area contributed by atoms with Crippen molar-refractivity contribution in [1.82, 2.24) is 5.43 Å². The van der Waals surface area contributed by atoms with Crippen LogP contribution in [0.4, 0.5) is 11.4 Å². The summed E-state index contributed by atoms with van der Waals surface area (Å²) in [6.45, 7) is 1.34. The number of nitro benzene ring substituents is 1. The molecule has 0 aliphatic rings. The van der Waals surface area contributed by atoms with Gasteiger partial charge in [0.15, 0.2) is 0 Å². The number of nitrogens with zero attached hydrogens (tertiary/aromatic N) is 3. The topological polar surface area (TPSA) is 122 Å². The number of aryl methyl sites for hydroxylation is 1. The highest BCUT2D eigenvalue weighted by molar-refractivity contribution is 7.92. The lowest BCUT2D eigenvalue weighted by atomic mass is 10.2. The Morgan fingerprint density at radius 2 is 1.75 bits per heavy atom. The Balaban J connectivity index is 1.79. The number of nitrogens with one attached hydrogen (secondary N) is 1. The molecule has 0 radical (unpaired) electrons. The van der Waals surface area contributed by atoms with E-state index in [4.69, 9.17) is 0 Å². The monoisotopic (exact) mass is 452 g/mol. The Kier molecular flexibility index (Phi) is 6.96. The number of rotatable bonds is 8. The number of non-ortho nitro benzene ring substituents is 1. The van der Waals surface area contributed by atoms with Gasteiger partial charge in [-0.25, -0.2) is 13.8 Å². The average Bonchev–Trinajstić information content (AvgIpc) is 2.78. The molecule has 0 aromatic heterocycles. The molecule has 0 atom stereocenters. The number of hydrazone groups is 1. The molecule has 0 bridgehead atoms. The lowest BCUT2D eigenvalue weighted by Gasteiger charge is -2.23. The number of carbonyl (C=O) groups is 1. The number of hydrogen-bond acceptors (Lipinski definition) is 6. The summed E-state index contributed by atoms with van der Waals surface area (Å²) in [7, 11) is -4.01. The lowest BCUT2D eigenvalue weighted by Crippen LogP contribution is -2.39. The first-order valence-corrected chi connectivity index (χ1v) is 10.9. The van der Waals surface area contributed by atoms with Crippen molar-refractivity contribution in [2.75, 3.05) is 10.8 Å². The summed E-state index contributed by atoms with van der Waals surface area (Å²) in [4.78, 5) is 22.9. The van der Waals surface area contributed by atoms with E-state index in [9.17, 15) is 23.3 Å². The van der Waals surface area contributed by atoms with Crippen LogP contribution in [0.15, 0.2) is 88.9 Å². The van der Waals surface area contributed by atoms with Crippen LogP contribution in [0.25, 0.3) is 0 Å². The first kappa shape index (κ1) is 22.6. The van der Waals surface area contributed by atoms with Gasteiger partial charge >= 0.3 is 0 Å². The maximum atomic E-state index is 13.2. The summed E-state index contributed by atoms with van der Waals surface area (Å²) >= 11 is 0. The summed E-state index contributed by atoms with van der Waals surface area (Å²) in [5.41, 5.74) is 3.80. The predicted octanol–water partition coefficient (Wildman–Crippen LogP) is 3.25. The average molecular weight is 452 g/mol.